The zero-order valence-electron chi connectivity index (χ0n) is 11.3. The summed E-state index contributed by atoms with van der Waals surface area (Å²) in [5.41, 5.74) is 8.49. The Morgan fingerprint density at radius 3 is 2.84 bits per heavy atom. The van der Waals surface area contributed by atoms with E-state index < -0.39 is 0 Å². The fourth-order valence-electron chi connectivity index (χ4n) is 2.66. The molecule has 0 amide bonds. The number of nitrogens with zero attached hydrogens (tertiary/aromatic N) is 3. The van der Waals surface area contributed by atoms with Gasteiger partial charge in [0.15, 0.2) is 0 Å². The predicted molar refractivity (Wildman–Crippen MR) is 74.4 cm³/mol. The highest BCUT2D eigenvalue weighted by Gasteiger charge is 2.23. The van der Waals surface area contributed by atoms with E-state index in [1.54, 1.807) is 6.07 Å². The van der Waals surface area contributed by atoms with Crippen LogP contribution >= 0.6 is 0 Å². The molecule has 19 heavy (non-hydrogen) atoms. The first-order chi connectivity index (χ1) is 9.20. The molecule has 3 rings (SSSR count). The summed E-state index contributed by atoms with van der Waals surface area (Å²) in [5.74, 6) is 0.548. The predicted octanol–water partition coefficient (Wildman–Crippen LogP) is 1.19. The van der Waals surface area contributed by atoms with Crippen molar-refractivity contribution in [1.29, 1.82) is 0 Å². The molecular formula is C14H20N4O. The lowest BCUT2D eigenvalue weighted by Gasteiger charge is -2.22. The van der Waals surface area contributed by atoms with Crippen LogP contribution < -0.4 is 11.3 Å². The second-order valence-electron chi connectivity index (χ2n) is 5.39. The van der Waals surface area contributed by atoms with E-state index in [0.717, 1.165) is 29.9 Å². The highest BCUT2D eigenvalue weighted by atomic mass is 16.1. The van der Waals surface area contributed by atoms with Crippen molar-refractivity contribution >= 4 is 5.65 Å². The van der Waals surface area contributed by atoms with E-state index in [1.807, 2.05) is 7.05 Å². The largest absolute Gasteiger partial charge is 0.333 e. The number of hydrogen-bond acceptors (Lipinski definition) is 3. The molecule has 0 aromatic carbocycles. The van der Waals surface area contributed by atoms with Crippen LogP contribution in [0.5, 0.6) is 0 Å². The molecule has 0 radical (unpaired) electrons. The van der Waals surface area contributed by atoms with Crippen molar-refractivity contribution in [1.82, 2.24) is 14.2 Å². The van der Waals surface area contributed by atoms with Crippen LogP contribution in [0, 0.1) is 0 Å². The summed E-state index contributed by atoms with van der Waals surface area (Å²) < 4.78 is 3.59. The van der Waals surface area contributed by atoms with Gasteiger partial charge >= 0.3 is 0 Å². The number of nitrogens with two attached hydrogens (primary N) is 1. The first kappa shape index (κ1) is 12.4. The van der Waals surface area contributed by atoms with Crippen LogP contribution in [0.2, 0.25) is 0 Å². The zero-order valence-corrected chi connectivity index (χ0v) is 11.3. The van der Waals surface area contributed by atoms with Crippen LogP contribution in [0.4, 0.5) is 0 Å². The molecule has 1 aliphatic carbocycles. The van der Waals surface area contributed by atoms with Crippen LogP contribution in [0.1, 0.15) is 43.0 Å². The lowest BCUT2D eigenvalue weighted by molar-refractivity contribution is 0.409. The molecule has 5 nitrogen and oxygen atoms in total. The first-order valence-corrected chi connectivity index (χ1v) is 6.99. The second-order valence-corrected chi connectivity index (χ2v) is 5.39. The van der Waals surface area contributed by atoms with Crippen molar-refractivity contribution in [3.05, 3.63) is 33.9 Å². The summed E-state index contributed by atoms with van der Waals surface area (Å²) in [7, 11) is 1.99. The molecule has 1 fully saturated rings. The van der Waals surface area contributed by atoms with E-state index in [-0.39, 0.29) is 5.56 Å². The Labute approximate surface area is 112 Å². The third-order valence-electron chi connectivity index (χ3n) is 4.14. The van der Waals surface area contributed by atoms with Gasteiger partial charge in [-0.3, -0.25) is 4.79 Å². The summed E-state index contributed by atoms with van der Waals surface area (Å²) in [5, 5.41) is 4.48. The fourth-order valence-corrected chi connectivity index (χ4v) is 2.66. The lowest BCUT2D eigenvalue weighted by Crippen LogP contribution is -2.20. The van der Waals surface area contributed by atoms with E-state index >= 15 is 0 Å². The van der Waals surface area contributed by atoms with Crippen LogP contribution in [0.3, 0.4) is 0 Å². The third-order valence-corrected chi connectivity index (χ3v) is 4.14. The number of aryl methyl sites for hydroxylation is 2. The number of fused-ring (bicyclic) bond motifs is 1. The zero-order chi connectivity index (χ0) is 13.4. The molecule has 0 aliphatic heterocycles. The van der Waals surface area contributed by atoms with Gasteiger partial charge < -0.3 is 10.3 Å². The van der Waals surface area contributed by atoms with E-state index in [4.69, 9.17) is 5.73 Å². The molecule has 2 N–H and O–H groups in total. The lowest BCUT2D eigenvalue weighted by atomic mass is 9.83. The summed E-state index contributed by atoms with van der Waals surface area (Å²) in [6.45, 7) is 0.645. The summed E-state index contributed by atoms with van der Waals surface area (Å²) >= 11 is 0. The van der Waals surface area contributed by atoms with Crippen molar-refractivity contribution in [2.75, 3.05) is 6.54 Å². The van der Waals surface area contributed by atoms with E-state index in [2.05, 4.69) is 15.7 Å². The average molecular weight is 260 g/mol. The van der Waals surface area contributed by atoms with Crippen LogP contribution in [-0.4, -0.2) is 20.7 Å². The molecule has 2 heterocycles. The smallest absolute Gasteiger partial charge is 0.274 e. The molecule has 2 aromatic heterocycles. The van der Waals surface area contributed by atoms with Crippen LogP contribution in [0.15, 0.2) is 16.9 Å². The van der Waals surface area contributed by atoms with Gasteiger partial charge in [0.25, 0.3) is 5.56 Å². The highest BCUT2D eigenvalue weighted by molar-refractivity contribution is 5.43. The molecule has 0 atom stereocenters. The maximum Gasteiger partial charge on any atom is 0.274 e. The van der Waals surface area contributed by atoms with Gasteiger partial charge in [0.1, 0.15) is 5.65 Å². The molecule has 0 saturated heterocycles. The SMILES string of the molecule is Cn1c(CCCN)cc(=O)n2nc(C3CCC3)cc12. The molecule has 0 unspecified atom stereocenters. The van der Waals surface area contributed by atoms with Gasteiger partial charge in [0.2, 0.25) is 0 Å². The van der Waals surface area contributed by atoms with Gasteiger partial charge in [0.05, 0.1) is 5.69 Å². The Kier molecular flexibility index (Phi) is 3.14. The normalized spacial score (nSPS) is 15.9. The molecule has 1 saturated carbocycles. The summed E-state index contributed by atoms with van der Waals surface area (Å²) in [6, 6.07) is 3.75. The highest BCUT2D eigenvalue weighted by Crippen LogP contribution is 2.35. The summed E-state index contributed by atoms with van der Waals surface area (Å²) in [6.07, 6.45) is 5.40. The van der Waals surface area contributed by atoms with Crippen molar-refractivity contribution < 1.29 is 0 Å². The molecule has 2 aromatic rings. The van der Waals surface area contributed by atoms with Gasteiger partial charge in [-0.05, 0) is 32.2 Å². The van der Waals surface area contributed by atoms with E-state index in [1.165, 1.54) is 23.8 Å². The van der Waals surface area contributed by atoms with Gasteiger partial charge in [0, 0.05) is 30.8 Å². The van der Waals surface area contributed by atoms with Crippen LogP contribution in [-0.2, 0) is 13.5 Å². The Morgan fingerprint density at radius 2 is 2.21 bits per heavy atom. The van der Waals surface area contributed by atoms with Crippen molar-refractivity contribution in [3.63, 3.8) is 0 Å². The Hall–Kier alpha value is -1.62. The average Bonchev–Trinajstić information content (AvgIpc) is 2.75. The first-order valence-electron chi connectivity index (χ1n) is 6.99. The molecule has 0 spiro atoms. The Bertz CT molecular complexity index is 651. The molecule has 5 heteroatoms. The third kappa shape index (κ3) is 2.08. The fraction of sp³-hybridized carbons (Fsp3) is 0.571. The summed E-state index contributed by atoms with van der Waals surface area (Å²) in [4.78, 5) is 12.1. The topological polar surface area (TPSA) is 65.3 Å². The Balaban J connectivity index is 2.07. The minimum absolute atomic E-state index is 0.0364. The molecule has 0 bridgehead atoms. The van der Waals surface area contributed by atoms with Gasteiger partial charge in [-0.25, -0.2) is 0 Å². The van der Waals surface area contributed by atoms with Crippen molar-refractivity contribution in [2.45, 2.75) is 38.0 Å². The minimum Gasteiger partial charge on any atom is -0.333 e. The minimum atomic E-state index is -0.0364. The van der Waals surface area contributed by atoms with Gasteiger partial charge in [-0.2, -0.15) is 9.61 Å². The maximum atomic E-state index is 12.1. The van der Waals surface area contributed by atoms with Crippen molar-refractivity contribution in [2.24, 2.45) is 12.8 Å². The molecular weight excluding hydrogens is 240 g/mol. The quantitative estimate of drug-likeness (QED) is 0.898. The Morgan fingerprint density at radius 1 is 1.42 bits per heavy atom. The van der Waals surface area contributed by atoms with Crippen LogP contribution in [0.25, 0.3) is 5.65 Å². The monoisotopic (exact) mass is 260 g/mol. The molecule has 1 aliphatic rings. The van der Waals surface area contributed by atoms with Gasteiger partial charge in [-0.15, -0.1) is 0 Å². The van der Waals surface area contributed by atoms with E-state index in [9.17, 15) is 4.79 Å². The number of aromatic nitrogens is 3. The van der Waals surface area contributed by atoms with Crippen molar-refractivity contribution in [3.8, 4) is 0 Å². The number of rotatable bonds is 4. The molecule has 102 valence electrons. The maximum absolute atomic E-state index is 12.1. The second kappa shape index (κ2) is 4.81. The van der Waals surface area contributed by atoms with Gasteiger partial charge in [-0.1, -0.05) is 6.42 Å². The van der Waals surface area contributed by atoms with E-state index in [0.29, 0.717) is 12.5 Å². The number of hydrogen-bond donors (Lipinski definition) is 1. The standard InChI is InChI=1S/C14H20N4O/c1-17-11(6-3-7-15)8-14(19)18-13(17)9-12(16-18)10-4-2-5-10/h8-10H,2-7,15H2,1H3.